The van der Waals surface area contributed by atoms with Gasteiger partial charge in [-0.2, -0.15) is 39.5 Å². The van der Waals surface area contributed by atoms with Crippen molar-refractivity contribution in [2.45, 2.75) is 83.3 Å². The zero-order valence-corrected chi connectivity index (χ0v) is 22.5. The van der Waals surface area contributed by atoms with Gasteiger partial charge in [0.05, 0.1) is 34.7 Å². The maximum atomic E-state index is 13.7. The van der Waals surface area contributed by atoms with Gasteiger partial charge in [0.2, 0.25) is 5.91 Å². The molecule has 6 nitrogen and oxygen atoms in total. The molecule has 2 aromatic rings. The average molecular weight is 612 g/mol. The van der Waals surface area contributed by atoms with E-state index in [1.54, 1.807) is 13.8 Å². The summed E-state index contributed by atoms with van der Waals surface area (Å²) in [6.45, 7) is 3.35. The molecule has 1 aliphatic heterocycles. The van der Waals surface area contributed by atoms with Crippen molar-refractivity contribution in [1.82, 2.24) is 9.88 Å². The molecule has 0 unspecified atom stereocenters. The lowest BCUT2D eigenvalue weighted by Crippen LogP contribution is -2.50. The number of pyridine rings is 1. The van der Waals surface area contributed by atoms with Gasteiger partial charge in [0.25, 0.3) is 0 Å². The Balaban J connectivity index is 1.86. The highest BCUT2D eigenvalue weighted by Crippen LogP contribution is 2.49. The fraction of sp³-hybridized carbons (Fsp3) is 0.519. The number of anilines is 1. The van der Waals surface area contributed by atoms with Crippen molar-refractivity contribution in [3.05, 3.63) is 58.4 Å². The Morgan fingerprint density at radius 1 is 0.952 bits per heavy atom. The van der Waals surface area contributed by atoms with Crippen LogP contribution in [0.4, 0.5) is 50.0 Å². The molecule has 1 aliphatic carbocycles. The standard InChI is InChI=1S/C27H26F9N3O3/c1-13(2)42-24(41)39-19-6-7-22(27(34,35)36)37-23(19)21(11-20(39)16-4-5-16)38(14(3)40)12-15-8-17(25(28,29)30)10-18(9-15)26(31,32)33/h6-10,13,16,20-21H,4-5,11-12H2,1-3H3/t20-,21-/m1/s1. The fourth-order valence-electron chi connectivity index (χ4n) is 5.10. The second-order valence-electron chi connectivity index (χ2n) is 10.6. The van der Waals surface area contributed by atoms with Crippen LogP contribution >= 0.6 is 0 Å². The first-order valence-electron chi connectivity index (χ1n) is 12.9. The van der Waals surface area contributed by atoms with Gasteiger partial charge >= 0.3 is 24.6 Å². The van der Waals surface area contributed by atoms with Crippen LogP contribution in [0.3, 0.4) is 0 Å². The minimum Gasteiger partial charge on any atom is -0.446 e. The summed E-state index contributed by atoms with van der Waals surface area (Å²) < 4.78 is 127. The summed E-state index contributed by atoms with van der Waals surface area (Å²) in [4.78, 5) is 31.8. The number of ether oxygens (including phenoxy) is 1. The lowest BCUT2D eigenvalue weighted by molar-refractivity contribution is -0.143. The normalized spacial score (nSPS) is 19.5. The molecule has 2 amide bonds. The monoisotopic (exact) mass is 611 g/mol. The summed E-state index contributed by atoms with van der Waals surface area (Å²) in [7, 11) is 0. The fourth-order valence-corrected chi connectivity index (χ4v) is 5.10. The number of carbonyl (C=O) groups excluding carboxylic acids is 2. The lowest BCUT2D eigenvalue weighted by Gasteiger charge is -2.43. The van der Waals surface area contributed by atoms with Crippen LogP contribution in [0.2, 0.25) is 0 Å². The van der Waals surface area contributed by atoms with Crippen molar-refractivity contribution in [1.29, 1.82) is 0 Å². The van der Waals surface area contributed by atoms with Crippen molar-refractivity contribution in [2.75, 3.05) is 4.90 Å². The van der Waals surface area contributed by atoms with E-state index >= 15 is 0 Å². The average Bonchev–Trinajstić information content (AvgIpc) is 3.69. The van der Waals surface area contributed by atoms with Crippen molar-refractivity contribution in [2.24, 2.45) is 5.92 Å². The van der Waals surface area contributed by atoms with Gasteiger partial charge in [0, 0.05) is 19.5 Å². The summed E-state index contributed by atoms with van der Waals surface area (Å²) in [5, 5.41) is 0. The molecule has 0 N–H and O–H groups in total. The Kier molecular flexibility index (Phi) is 8.19. The number of hydrogen-bond acceptors (Lipinski definition) is 4. The molecule has 1 aromatic heterocycles. The molecular weight excluding hydrogens is 585 g/mol. The Morgan fingerprint density at radius 2 is 1.52 bits per heavy atom. The number of aromatic nitrogens is 1. The zero-order valence-electron chi connectivity index (χ0n) is 22.5. The Bertz CT molecular complexity index is 1320. The largest absolute Gasteiger partial charge is 0.446 e. The van der Waals surface area contributed by atoms with E-state index in [2.05, 4.69) is 4.98 Å². The van der Waals surface area contributed by atoms with Crippen LogP contribution in [-0.2, 0) is 34.6 Å². The summed E-state index contributed by atoms with van der Waals surface area (Å²) in [6, 6.07) is 0.535. The third kappa shape index (κ3) is 6.75. The van der Waals surface area contributed by atoms with E-state index in [0.29, 0.717) is 31.0 Å². The van der Waals surface area contributed by atoms with Gasteiger partial charge in [-0.3, -0.25) is 9.69 Å². The third-order valence-electron chi connectivity index (χ3n) is 7.04. The molecule has 1 fully saturated rings. The summed E-state index contributed by atoms with van der Waals surface area (Å²) in [6.07, 6.45) is -15.5. The van der Waals surface area contributed by atoms with E-state index in [4.69, 9.17) is 4.74 Å². The zero-order chi connectivity index (χ0) is 31.4. The van der Waals surface area contributed by atoms with E-state index in [1.165, 1.54) is 4.90 Å². The minimum absolute atomic E-state index is 0.0595. The molecular formula is C27H26F9N3O3. The van der Waals surface area contributed by atoms with Gasteiger partial charge in [0.1, 0.15) is 5.69 Å². The molecule has 2 heterocycles. The van der Waals surface area contributed by atoms with Crippen LogP contribution in [0.1, 0.15) is 74.2 Å². The van der Waals surface area contributed by atoms with Crippen molar-refractivity contribution in [3.63, 3.8) is 0 Å². The van der Waals surface area contributed by atoms with E-state index in [1.807, 2.05) is 0 Å². The number of carbonyl (C=O) groups is 2. The lowest BCUT2D eigenvalue weighted by atomic mass is 9.90. The maximum absolute atomic E-state index is 13.7. The number of benzene rings is 1. The highest BCUT2D eigenvalue weighted by Gasteiger charge is 2.48. The molecule has 0 bridgehead atoms. The molecule has 0 saturated heterocycles. The number of amides is 2. The van der Waals surface area contributed by atoms with E-state index in [9.17, 15) is 49.1 Å². The van der Waals surface area contributed by atoms with Crippen LogP contribution in [0.5, 0.6) is 0 Å². The topological polar surface area (TPSA) is 62.7 Å². The second kappa shape index (κ2) is 11.0. The predicted molar refractivity (Wildman–Crippen MR) is 130 cm³/mol. The van der Waals surface area contributed by atoms with Gasteiger partial charge in [-0.15, -0.1) is 0 Å². The van der Waals surface area contributed by atoms with E-state index < -0.39 is 77.6 Å². The third-order valence-corrected chi connectivity index (χ3v) is 7.04. The first-order valence-corrected chi connectivity index (χ1v) is 12.9. The Morgan fingerprint density at radius 3 is 1.98 bits per heavy atom. The molecule has 4 rings (SSSR count). The maximum Gasteiger partial charge on any atom is 0.433 e. The molecule has 2 aliphatic rings. The van der Waals surface area contributed by atoms with Gasteiger partial charge < -0.3 is 9.64 Å². The molecule has 1 saturated carbocycles. The van der Waals surface area contributed by atoms with Crippen molar-refractivity contribution in [3.8, 4) is 0 Å². The van der Waals surface area contributed by atoms with Gasteiger partial charge in [-0.1, -0.05) is 0 Å². The number of rotatable bonds is 5. The summed E-state index contributed by atoms with van der Waals surface area (Å²) in [5.41, 5.74) is -5.55. The number of fused-ring (bicyclic) bond motifs is 1. The van der Waals surface area contributed by atoms with Crippen LogP contribution in [-0.4, -0.2) is 34.0 Å². The van der Waals surface area contributed by atoms with Crippen LogP contribution in [0, 0.1) is 5.92 Å². The van der Waals surface area contributed by atoms with Crippen molar-refractivity contribution < 1.29 is 53.8 Å². The van der Waals surface area contributed by atoms with Gasteiger partial charge in [-0.25, -0.2) is 9.78 Å². The number of hydrogen-bond donors (Lipinski definition) is 0. The first-order chi connectivity index (χ1) is 19.3. The number of halogens is 9. The first kappa shape index (κ1) is 31.4. The quantitative estimate of drug-likeness (QED) is 0.325. The Hall–Kier alpha value is -3.52. The van der Waals surface area contributed by atoms with Crippen LogP contribution < -0.4 is 4.90 Å². The van der Waals surface area contributed by atoms with Gasteiger partial charge in [0.15, 0.2) is 0 Å². The van der Waals surface area contributed by atoms with E-state index in [-0.39, 0.29) is 29.8 Å². The highest BCUT2D eigenvalue weighted by molar-refractivity contribution is 5.90. The summed E-state index contributed by atoms with van der Waals surface area (Å²) >= 11 is 0. The van der Waals surface area contributed by atoms with Crippen LogP contribution in [0.15, 0.2) is 30.3 Å². The summed E-state index contributed by atoms with van der Waals surface area (Å²) in [5.74, 6) is -0.953. The number of nitrogens with zero attached hydrogens (tertiary/aromatic N) is 3. The van der Waals surface area contributed by atoms with E-state index in [0.717, 1.165) is 17.9 Å². The molecule has 42 heavy (non-hydrogen) atoms. The molecule has 1 aromatic carbocycles. The predicted octanol–water partition coefficient (Wildman–Crippen LogP) is 7.76. The SMILES string of the molecule is CC(=O)N(Cc1cc(C(F)(F)F)cc(C(F)(F)F)c1)[C@@H]1C[C@H](C2CC2)N(C(=O)OC(C)C)c2ccc(C(F)(F)F)nc21. The molecule has 15 heteroatoms. The smallest absolute Gasteiger partial charge is 0.433 e. The Labute approximate surface area is 234 Å². The molecule has 230 valence electrons. The minimum atomic E-state index is -5.15. The highest BCUT2D eigenvalue weighted by atomic mass is 19.4. The van der Waals surface area contributed by atoms with Crippen LogP contribution in [0.25, 0.3) is 0 Å². The molecule has 0 spiro atoms. The molecule has 2 atom stereocenters. The number of alkyl halides is 9. The van der Waals surface area contributed by atoms with Gasteiger partial charge in [-0.05, 0) is 74.9 Å². The van der Waals surface area contributed by atoms with Crippen molar-refractivity contribution >= 4 is 17.7 Å². The second-order valence-corrected chi connectivity index (χ2v) is 10.6. The molecule has 0 radical (unpaired) electrons.